The van der Waals surface area contributed by atoms with Crippen LogP contribution >= 0.6 is 23.4 Å². The summed E-state index contributed by atoms with van der Waals surface area (Å²) < 4.78 is 3.90. The maximum atomic E-state index is 12.2. The molecule has 0 saturated heterocycles. The van der Waals surface area contributed by atoms with Gasteiger partial charge in [-0.25, -0.2) is 4.98 Å². The number of hydrogen-bond acceptors (Lipinski definition) is 4. The topological polar surface area (TPSA) is 64.7 Å². The fraction of sp³-hybridized carbons (Fsp3) is 0.278. The van der Waals surface area contributed by atoms with Gasteiger partial charge in [0.1, 0.15) is 6.33 Å². The standard InChI is InChI=1S/C18H18ClN5OS/c1-10-15(11(2)23(3)22-10)17-16-18(21-14(25)8-26-17)20-9-24(16)13-6-4-12(19)5-7-13/h4-7,9,17H,8H2,1-3H3,(H,21,25)/t17-/m1/s1. The van der Waals surface area contributed by atoms with Gasteiger partial charge in [0.2, 0.25) is 5.91 Å². The first-order valence-electron chi connectivity index (χ1n) is 8.20. The van der Waals surface area contributed by atoms with Crippen LogP contribution in [0.3, 0.4) is 0 Å². The number of carbonyl (C=O) groups excluding carboxylic acids is 1. The van der Waals surface area contributed by atoms with Crippen LogP contribution in [0.1, 0.15) is 27.9 Å². The second kappa shape index (κ2) is 6.48. The number of nitrogens with one attached hydrogen (secondary N) is 1. The fourth-order valence-electron chi connectivity index (χ4n) is 3.31. The monoisotopic (exact) mass is 387 g/mol. The summed E-state index contributed by atoms with van der Waals surface area (Å²) in [6, 6.07) is 7.59. The normalized spacial score (nSPS) is 16.9. The average molecular weight is 388 g/mol. The largest absolute Gasteiger partial charge is 0.308 e. The summed E-state index contributed by atoms with van der Waals surface area (Å²) in [7, 11) is 1.94. The third-order valence-electron chi connectivity index (χ3n) is 4.62. The molecule has 0 saturated carbocycles. The van der Waals surface area contributed by atoms with Crippen LogP contribution in [0.15, 0.2) is 30.6 Å². The first kappa shape index (κ1) is 17.2. The number of fused-ring (bicyclic) bond motifs is 1. The molecule has 0 aliphatic carbocycles. The maximum absolute atomic E-state index is 12.2. The molecule has 0 fully saturated rings. The van der Waals surface area contributed by atoms with E-state index in [0.29, 0.717) is 16.6 Å². The lowest BCUT2D eigenvalue weighted by Gasteiger charge is -2.18. The van der Waals surface area contributed by atoms with Crippen molar-refractivity contribution in [2.24, 2.45) is 7.05 Å². The molecule has 0 spiro atoms. The van der Waals surface area contributed by atoms with Crippen molar-refractivity contribution in [1.29, 1.82) is 0 Å². The fourth-order valence-corrected chi connectivity index (χ4v) is 4.71. The maximum Gasteiger partial charge on any atom is 0.235 e. The Balaban J connectivity index is 1.92. The average Bonchev–Trinajstić information content (AvgIpc) is 3.06. The molecule has 134 valence electrons. The Morgan fingerprint density at radius 2 is 2.00 bits per heavy atom. The van der Waals surface area contributed by atoms with Gasteiger partial charge in [0, 0.05) is 29.0 Å². The van der Waals surface area contributed by atoms with Crippen molar-refractivity contribution >= 4 is 35.1 Å². The molecule has 2 aromatic heterocycles. The van der Waals surface area contributed by atoms with E-state index in [1.807, 2.05) is 47.5 Å². The van der Waals surface area contributed by atoms with Crippen molar-refractivity contribution in [3.63, 3.8) is 0 Å². The Hall–Kier alpha value is -2.25. The highest BCUT2D eigenvalue weighted by atomic mass is 35.5. The minimum absolute atomic E-state index is 0.0423. The smallest absolute Gasteiger partial charge is 0.235 e. The van der Waals surface area contributed by atoms with E-state index in [1.54, 1.807) is 18.1 Å². The van der Waals surface area contributed by atoms with Crippen LogP contribution in [-0.4, -0.2) is 31.0 Å². The van der Waals surface area contributed by atoms with Crippen molar-refractivity contribution in [2.75, 3.05) is 11.1 Å². The highest BCUT2D eigenvalue weighted by Gasteiger charge is 2.32. The van der Waals surface area contributed by atoms with Crippen LogP contribution in [0, 0.1) is 13.8 Å². The van der Waals surface area contributed by atoms with Gasteiger partial charge in [-0.2, -0.15) is 5.10 Å². The van der Waals surface area contributed by atoms with E-state index in [4.69, 9.17) is 11.6 Å². The van der Waals surface area contributed by atoms with Gasteiger partial charge in [0.25, 0.3) is 0 Å². The number of halogens is 1. The number of hydrogen-bond donors (Lipinski definition) is 1. The van der Waals surface area contributed by atoms with Gasteiger partial charge < -0.3 is 5.32 Å². The summed E-state index contributed by atoms with van der Waals surface area (Å²) >= 11 is 7.63. The molecular weight excluding hydrogens is 370 g/mol. The van der Waals surface area contributed by atoms with Gasteiger partial charge in [0.15, 0.2) is 5.82 Å². The lowest BCUT2D eigenvalue weighted by Crippen LogP contribution is -2.12. The molecule has 8 heteroatoms. The number of aryl methyl sites for hydroxylation is 2. The predicted octanol–water partition coefficient (Wildman–Crippen LogP) is 3.65. The summed E-state index contributed by atoms with van der Waals surface area (Å²) in [5, 5.41) is 8.12. The number of imidazole rings is 1. The van der Waals surface area contributed by atoms with Crippen LogP contribution in [-0.2, 0) is 11.8 Å². The van der Waals surface area contributed by atoms with Crippen LogP contribution in [0.5, 0.6) is 0 Å². The quantitative estimate of drug-likeness (QED) is 0.728. The lowest BCUT2D eigenvalue weighted by molar-refractivity contribution is -0.113. The van der Waals surface area contributed by atoms with Crippen molar-refractivity contribution in [1.82, 2.24) is 19.3 Å². The number of nitrogens with zero attached hydrogens (tertiary/aromatic N) is 4. The summed E-state index contributed by atoms with van der Waals surface area (Å²) in [6.07, 6.45) is 1.74. The zero-order valence-electron chi connectivity index (χ0n) is 14.7. The van der Waals surface area contributed by atoms with Gasteiger partial charge in [0.05, 0.1) is 22.4 Å². The zero-order valence-corrected chi connectivity index (χ0v) is 16.2. The van der Waals surface area contributed by atoms with Crippen molar-refractivity contribution in [3.8, 4) is 5.69 Å². The molecule has 0 unspecified atom stereocenters. The van der Waals surface area contributed by atoms with Crippen LogP contribution < -0.4 is 5.32 Å². The number of thioether (sulfide) groups is 1. The second-order valence-corrected chi connectivity index (χ2v) is 7.80. The van der Waals surface area contributed by atoms with E-state index >= 15 is 0 Å². The van der Waals surface area contributed by atoms with E-state index < -0.39 is 0 Å². The Morgan fingerprint density at radius 3 is 2.65 bits per heavy atom. The highest BCUT2D eigenvalue weighted by Crippen LogP contribution is 2.44. The van der Waals surface area contributed by atoms with Crippen molar-refractivity contribution < 1.29 is 4.79 Å². The first-order chi connectivity index (χ1) is 12.5. The van der Waals surface area contributed by atoms with Crippen molar-refractivity contribution in [2.45, 2.75) is 19.1 Å². The van der Waals surface area contributed by atoms with Gasteiger partial charge in [-0.05, 0) is 38.1 Å². The van der Waals surface area contributed by atoms with Crippen LogP contribution in [0.25, 0.3) is 5.69 Å². The molecule has 1 atom stereocenters. The predicted molar refractivity (Wildman–Crippen MR) is 104 cm³/mol. The van der Waals surface area contributed by atoms with E-state index in [2.05, 4.69) is 22.3 Å². The Labute approximate surface area is 160 Å². The Bertz CT molecular complexity index is 992. The molecule has 1 aliphatic rings. The van der Waals surface area contributed by atoms with Gasteiger partial charge in [-0.3, -0.25) is 14.0 Å². The Kier molecular flexibility index (Phi) is 4.28. The van der Waals surface area contributed by atoms with E-state index in [0.717, 1.165) is 28.3 Å². The minimum atomic E-state index is -0.0455. The molecule has 3 aromatic rings. The molecule has 1 aliphatic heterocycles. The highest BCUT2D eigenvalue weighted by molar-refractivity contribution is 8.00. The molecule has 26 heavy (non-hydrogen) atoms. The second-order valence-electron chi connectivity index (χ2n) is 6.27. The number of benzene rings is 1. The molecule has 4 rings (SSSR count). The number of anilines is 1. The third kappa shape index (κ3) is 2.81. The van der Waals surface area contributed by atoms with Gasteiger partial charge in [-0.15, -0.1) is 11.8 Å². The number of carbonyl (C=O) groups is 1. The van der Waals surface area contributed by atoms with Gasteiger partial charge in [-0.1, -0.05) is 11.6 Å². The van der Waals surface area contributed by atoms with E-state index in [9.17, 15) is 4.79 Å². The molecule has 6 nitrogen and oxygen atoms in total. The molecule has 1 aromatic carbocycles. The van der Waals surface area contributed by atoms with Crippen molar-refractivity contribution in [3.05, 3.63) is 58.3 Å². The van der Waals surface area contributed by atoms with Crippen LogP contribution in [0.2, 0.25) is 5.02 Å². The summed E-state index contributed by atoms with van der Waals surface area (Å²) in [5.74, 6) is 0.928. The molecule has 3 heterocycles. The molecule has 1 amide bonds. The number of rotatable bonds is 2. The summed E-state index contributed by atoms with van der Waals surface area (Å²) in [4.78, 5) is 16.6. The first-order valence-corrected chi connectivity index (χ1v) is 9.63. The third-order valence-corrected chi connectivity index (χ3v) is 6.10. The lowest BCUT2D eigenvalue weighted by atomic mass is 10.1. The SMILES string of the molecule is Cc1nn(C)c(C)c1[C@H]1SCC(=O)Nc2ncn(-c3ccc(Cl)cc3)c21. The number of amides is 1. The minimum Gasteiger partial charge on any atom is -0.308 e. The molecule has 1 N–H and O–H groups in total. The molecule has 0 bridgehead atoms. The molecule has 0 radical (unpaired) electrons. The van der Waals surface area contributed by atoms with E-state index in [1.165, 1.54) is 0 Å². The number of aromatic nitrogens is 4. The Morgan fingerprint density at radius 1 is 1.27 bits per heavy atom. The van der Waals surface area contributed by atoms with E-state index in [-0.39, 0.29) is 11.2 Å². The van der Waals surface area contributed by atoms with Crippen LogP contribution in [0.4, 0.5) is 5.82 Å². The van der Waals surface area contributed by atoms with Gasteiger partial charge >= 0.3 is 0 Å². The zero-order chi connectivity index (χ0) is 18.4. The molecular formula is C18H18ClN5OS. The summed E-state index contributed by atoms with van der Waals surface area (Å²) in [6.45, 7) is 4.06. The summed E-state index contributed by atoms with van der Waals surface area (Å²) in [5.41, 5.74) is 5.08.